The molecule has 1 atom stereocenters. The van der Waals surface area contributed by atoms with Crippen LogP contribution in [0, 0.1) is 0 Å². The van der Waals surface area contributed by atoms with Crippen molar-refractivity contribution in [3.8, 4) is 17.2 Å². The fourth-order valence-corrected chi connectivity index (χ4v) is 3.40. The fraction of sp³-hybridized carbons (Fsp3) is 0.273. The molecular formula is C22H23N5O5. The third-order valence-electron chi connectivity index (χ3n) is 4.88. The van der Waals surface area contributed by atoms with E-state index < -0.39 is 0 Å². The molecule has 3 aromatic rings. The minimum Gasteiger partial charge on any atom is -0.497 e. The van der Waals surface area contributed by atoms with Gasteiger partial charge in [0.25, 0.3) is 5.91 Å². The van der Waals surface area contributed by atoms with Gasteiger partial charge in [0.1, 0.15) is 12.1 Å². The van der Waals surface area contributed by atoms with E-state index in [0.29, 0.717) is 35.5 Å². The molecule has 2 amide bonds. The quantitative estimate of drug-likeness (QED) is 0.556. The second kappa shape index (κ2) is 9.38. The first-order valence-corrected chi connectivity index (χ1v) is 10.1. The first kappa shape index (κ1) is 21.2. The second-order valence-corrected chi connectivity index (χ2v) is 7.00. The van der Waals surface area contributed by atoms with E-state index in [9.17, 15) is 9.59 Å². The summed E-state index contributed by atoms with van der Waals surface area (Å²) in [5.41, 5.74) is 1.46. The van der Waals surface area contributed by atoms with Crippen LogP contribution in [0.5, 0.6) is 17.2 Å². The van der Waals surface area contributed by atoms with E-state index in [2.05, 4.69) is 20.7 Å². The second-order valence-electron chi connectivity index (χ2n) is 7.00. The van der Waals surface area contributed by atoms with Gasteiger partial charge in [0, 0.05) is 5.69 Å². The summed E-state index contributed by atoms with van der Waals surface area (Å²) in [5, 5.41) is 9.68. The van der Waals surface area contributed by atoms with E-state index in [1.807, 2.05) is 13.0 Å². The van der Waals surface area contributed by atoms with Crippen molar-refractivity contribution in [1.29, 1.82) is 0 Å². The number of benzene rings is 2. The maximum atomic E-state index is 12.3. The van der Waals surface area contributed by atoms with Crippen molar-refractivity contribution in [3.05, 3.63) is 54.4 Å². The molecule has 0 saturated carbocycles. The number of carbonyl (C=O) groups is 2. The molecule has 2 heterocycles. The van der Waals surface area contributed by atoms with Crippen LogP contribution in [-0.4, -0.2) is 46.9 Å². The minimum absolute atomic E-state index is 0.135. The van der Waals surface area contributed by atoms with Crippen LogP contribution >= 0.6 is 0 Å². The van der Waals surface area contributed by atoms with Gasteiger partial charge in [0.15, 0.2) is 18.1 Å². The summed E-state index contributed by atoms with van der Waals surface area (Å²) in [4.78, 5) is 28.4. The fourth-order valence-electron chi connectivity index (χ4n) is 3.40. The highest BCUT2D eigenvalue weighted by atomic mass is 16.5. The van der Waals surface area contributed by atoms with Crippen LogP contribution in [0.3, 0.4) is 0 Å². The molecule has 0 aliphatic carbocycles. The molecule has 32 heavy (non-hydrogen) atoms. The van der Waals surface area contributed by atoms with Gasteiger partial charge in [-0.1, -0.05) is 6.07 Å². The van der Waals surface area contributed by atoms with Crippen LogP contribution in [-0.2, 0) is 9.59 Å². The number of ether oxygens (including phenoxy) is 3. The SMILES string of the molecule is CCOc1cc(C2CC(=O)Nc3ncnn32)ccc1OCC(=O)Nc1ccc(OC)cc1. The summed E-state index contributed by atoms with van der Waals surface area (Å²) in [6.07, 6.45) is 1.63. The lowest BCUT2D eigenvalue weighted by Crippen LogP contribution is -2.29. The molecule has 0 bridgehead atoms. The van der Waals surface area contributed by atoms with Gasteiger partial charge in [0.05, 0.1) is 26.2 Å². The first-order chi connectivity index (χ1) is 15.6. The molecule has 0 saturated heterocycles. The molecule has 4 rings (SSSR count). The molecule has 0 radical (unpaired) electrons. The Morgan fingerprint density at radius 1 is 1.19 bits per heavy atom. The molecule has 1 aromatic heterocycles. The number of nitrogens with one attached hydrogen (secondary N) is 2. The predicted molar refractivity (Wildman–Crippen MR) is 116 cm³/mol. The number of fused-ring (bicyclic) bond motifs is 1. The van der Waals surface area contributed by atoms with Crippen LogP contribution < -0.4 is 24.8 Å². The molecule has 10 nitrogen and oxygen atoms in total. The average molecular weight is 437 g/mol. The standard InChI is InChI=1S/C22H23N5O5/c1-3-31-19-10-14(17-11-20(28)26-22-23-13-24-27(17)22)4-9-18(19)32-12-21(29)25-15-5-7-16(30-2)8-6-15/h4-10,13,17H,3,11-12H2,1-2H3,(H,25,29)(H,23,24,26,28). The average Bonchev–Trinajstić information content (AvgIpc) is 3.27. The van der Waals surface area contributed by atoms with E-state index in [4.69, 9.17) is 14.2 Å². The van der Waals surface area contributed by atoms with E-state index in [0.717, 1.165) is 5.56 Å². The Bertz CT molecular complexity index is 1110. The zero-order chi connectivity index (χ0) is 22.5. The van der Waals surface area contributed by atoms with Gasteiger partial charge < -0.3 is 19.5 Å². The number of anilines is 2. The molecule has 1 aliphatic rings. The highest BCUT2D eigenvalue weighted by molar-refractivity contribution is 5.92. The van der Waals surface area contributed by atoms with Crippen molar-refractivity contribution in [1.82, 2.24) is 14.8 Å². The number of nitrogens with zero attached hydrogens (tertiary/aromatic N) is 3. The normalized spacial score (nSPS) is 14.8. The van der Waals surface area contributed by atoms with Crippen molar-refractivity contribution in [2.24, 2.45) is 0 Å². The van der Waals surface area contributed by atoms with E-state index in [1.54, 1.807) is 48.2 Å². The molecule has 2 aromatic carbocycles. The minimum atomic E-state index is -0.312. The maximum absolute atomic E-state index is 12.3. The topological polar surface area (TPSA) is 117 Å². The molecule has 2 N–H and O–H groups in total. The Labute approximate surface area is 184 Å². The molecular weight excluding hydrogens is 414 g/mol. The van der Waals surface area contributed by atoms with E-state index in [-0.39, 0.29) is 30.9 Å². The molecule has 0 fully saturated rings. The van der Waals surface area contributed by atoms with E-state index in [1.165, 1.54) is 6.33 Å². The third kappa shape index (κ3) is 4.64. The van der Waals surface area contributed by atoms with Crippen molar-refractivity contribution in [2.45, 2.75) is 19.4 Å². The van der Waals surface area contributed by atoms with Gasteiger partial charge in [-0.05, 0) is 48.9 Å². The van der Waals surface area contributed by atoms with Crippen LogP contribution in [0.15, 0.2) is 48.8 Å². The summed E-state index contributed by atoms with van der Waals surface area (Å²) in [6, 6.07) is 12.1. The Balaban J connectivity index is 1.46. The lowest BCUT2D eigenvalue weighted by Gasteiger charge is -2.24. The van der Waals surface area contributed by atoms with Gasteiger partial charge in [-0.15, -0.1) is 0 Å². The lowest BCUT2D eigenvalue weighted by molar-refractivity contribution is -0.118. The highest BCUT2D eigenvalue weighted by Gasteiger charge is 2.28. The van der Waals surface area contributed by atoms with Crippen LogP contribution in [0.25, 0.3) is 0 Å². The van der Waals surface area contributed by atoms with Gasteiger partial charge in [-0.2, -0.15) is 10.1 Å². The number of hydrogen-bond acceptors (Lipinski definition) is 7. The maximum Gasteiger partial charge on any atom is 0.262 e. The molecule has 10 heteroatoms. The Morgan fingerprint density at radius 2 is 2.00 bits per heavy atom. The number of hydrogen-bond donors (Lipinski definition) is 2. The number of carbonyl (C=O) groups excluding carboxylic acids is 2. The van der Waals surface area contributed by atoms with Crippen molar-refractivity contribution >= 4 is 23.5 Å². The molecule has 0 spiro atoms. The summed E-state index contributed by atoms with van der Waals surface area (Å²) in [7, 11) is 1.58. The lowest BCUT2D eigenvalue weighted by atomic mass is 10.0. The van der Waals surface area contributed by atoms with Gasteiger partial charge in [-0.25, -0.2) is 4.68 Å². The number of amides is 2. The van der Waals surface area contributed by atoms with Gasteiger partial charge in [0.2, 0.25) is 11.9 Å². The summed E-state index contributed by atoms with van der Waals surface area (Å²) >= 11 is 0. The third-order valence-corrected chi connectivity index (χ3v) is 4.88. The first-order valence-electron chi connectivity index (χ1n) is 10.1. The Morgan fingerprint density at radius 3 is 2.75 bits per heavy atom. The summed E-state index contributed by atoms with van der Waals surface area (Å²) in [6.45, 7) is 2.08. The summed E-state index contributed by atoms with van der Waals surface area (Å²) < 4.78 is 18.2. The number of methoxy groups -OCH3 is 1. The Kier molecular flexibility index (Phi) is 6.20. The Hall–Kier alpha value is -4.08. The van der Waals surface area contributed by atoms with Crippen molar-refractivity contribution < 1.29 is 23.8 Å². The van der Waals surface area contributed by atoms with E-state index >= 15 is 0 Å². The smallest absolute Gasteiger partial charge is 0.262 e. The van der Waals surface area contributed by atoms with Crippen LogP contribution in [0.1, 0.15) is 24.9 Å². The predicted octanol–water partition coefficient (Wildman–Crippen LogP) is 2.63. The number of aromatic nitrogens is 3. The highest BCUT2D eigenvalue weighted by Crippen LogP contribution is 2.35. The zero-order valence-corrected chi connectivity index (χ0v) is 17.7. The molecule has 1 unspecified atom stereocenters. The van der Waals surface area contributed by atoms with Crippen LogP contribution in [0.4, 0.5) is 11.6 Å². The zero-order valence-electron chi connectivity index (χ0n) is 17.7. The van der Waals surface area contributed by atoms with Crippen molar-refractivity contribution in [2.75, 3.05) is 31.0 Å². The number of rotatable bonds is 8. The monoisotopic (exact) mass is 437 g/mol. The molecule has 1 aliphatic heterocycles. The summed E-state index contributed by atoms with van der Waals surface area (Å²) in [5.74, 6) is 1.57. The van der Waals surface area contributed by atoms with Gasteiger partial charge >= 0.3 is 0 Å². The van der Waals surface area contributed by atoms with Gasteiger partial charge in [-0.3, -0.25) is 14.9 Å². The largest absolute Gasteiger partial charge is 0.497 e. The van der Waals surface area contributed by atoms with Crippen LogP contribution in [0.2, 0.25) is 0 Å². The van der Waals surface area contributed by atoms with Crippen molar-refractivity contribution in [3.63, 3.8) is 0 Å². The molecule has 166 valence electrons.